The minimum atomic E-state index is -0.354. The summed E-state index contributed by atoms with van der Waals surface area (Å²) in [4.78, 5) is 11.9. The summed E-state index contributed by atoms with van der Waals surface area (Å²) in [5.74, 6) is 0.169. The first-order chi connectivity index (χ1) is 7.66. The van der Waals surface area contributed by atoms with Crippen LogP contribution in [-0.4, -0.2) is 29.2 Å². The summed E-state index contributed by atoms with van der Waals surface area (Å²) in [6.45, 7) is 0. The Morgan fingerprint density at radius 2 is 1.94 bits per heavy atom. The van der Waals surface area contributed by atoms with Crippen LogP contribution in [0.4, 0.5) is 0 Å². The molecule has 4 atom stereocenters. The van der Waals surface area contributed by atoms with E-state index in [0.717, 1.165) is 44.9 Å². The fraction of sp³-hybridized carbons (Fsp3) is 0.917. The molecule has 4 N–H and O–H groups in total. The van der Waals surface area contributed by atoms with E-state index in [0.29, 0.717) is 0 Å². The molecular formula is C12H22N2O2. The van der Waals surface area contributed by atoms with Gasteiger partial charge >= 0.3 is 0 Å². The molecule has 2 aliphatic carbocycles. The Morgan fingerprint density at radius 1 is 1.19 bits per heavy atom. The standard InChI is InChI=1S/C12H22N2O2/c13-9-6-5-8(7-9)12(16)14-10-3-1-2-4-11(10)15/h8-11,15H,1-7,13H2,(H,14,16). The molecule has 1 amide bonds. The van der Waals surface area contributed by atoms with Crippen molar-refractivity contribution >= 4 is 5.91 Å². The fourth-order valence-electron chi connectivity index (χ4n) is 2.83. The minimum absolute atomic E-state index is 0.0296. The Balaban J connectivity index is 1.82. The molecule has 2 fully saturated rings. The van der Waals surface area contributed by atoms with E-state index in [1.54, 1.807) is 0 Å². The van der Waals surface area contributed by atoms with Crippen LogP contribution in [0.2, 0.25) is 0 Å². The first kappa shape index (κ1) is 11.9. The van der Waals surface area contributed by atoms with Crippen molar-refractivity contribution in [2.24, 2.45) is 11.7 Å². The molecule has 4 nitrogen and oxygen atoms in total. The number of nitrogens with one attached hydrogen (secondary N) is 1. The van der Waals surface area contributed by atoms with Crippen molar-refractivity contribution in [2.45, 2.75) is 63.1 Å². The largest absolute Gasteiger partial charge is 0.391 e. The second-order valence-corrected chi connectivity index (χ2v) is 5.24. The first-order valence-electron chi connectivity index (χ1n) is 6.41. The van der Waals surface area contributed by atoms with Gasteiger partial charge in [-0.2, -0.15) is 0 Å². The lowest BCUT2D eigenvalue weighted by Gasteiger charge is -2.29. The number of aliphatic hydroxyl groups is 1. The van der Waals surface area contributed by atoms with E-state index in [2.05, 4.69) is 5.32 Å². The van der Waals surface area contributed by atoms with Crippen LogP contribution >= 0.6 is 0 Å². The van der Waals surface area contributed by atoms with Crippen LogP contribution in [0.3, 0.4) is 0 Å². The highest BCUT2D eigenvalue weighted by molar-refractivity contribution is 5.79. The summed E-state index contributed by atoms with van der Waals surface area (Å²) in [5.41, 5.74) is 5.79. The van der Waals surface area contributed by atoms with Crippen molar-refractivity contribution in [3.05, 3.63) is 0 Å². The SMILES string of the molecule is NC1CCC(C(=O)NC2CCCCC2O)C1. The molecule has 0 aromatic carbocycles. The first-order valence-corrected chi connectivity index (χ1v) is 6.41. The lowest BCUT2D eigenvalue weighted by atomic mass is 9.92. The lowest BCUT2D eigenvalue weighted by molar-refractivity contribution is -0.126. The van der Waals surface area contributed by atoms with Gasteiger partial charge in [0.2, 0.25) is 5.91 Å². The van der Waals surface area contributed by atoms with E-state index in [-0.39, 0.29) is 30.0 Å². The molecule has 2 saturated carbocycles. The molecule has 4 unspecified atom stereocenters. The van der Waals surface area contributed by atoms with Gasteiger partial charge in [0.05, 0.1) is 12.1 Å². The molecule has 0 aromatic heterocycles. The summed E-state index contributed by atoms with van der Waals surface area (Å²) in [7, 11) is 0. The zero-order valence-electron chi connectivity index (χ0n) is 9.69. The van der Waals surface area contributed by atoms with Crippen molar-refractivity contribution < 1.29 is 9.90 Å². The van der Waals surface area contributed by atoms with Crippen LogP contribution < -0.4 is 11.1 Å². The second-order valence-electron chi connectivity index (χ2n) is 5.24. The van der Waals surface area contributed by atoms with Gasteiger partial charge in [0.25, 0.3) is 0 Å². The van der Waals surface area contributed by atoms with Gasteiger partial charge in [-0.25, -0.2) is 0 Å². The number of rotatable bonds is 2. The Labute approximate surface area is 96.6 Å². The van der Waals surface area contributed by atoms with Crippen LogP contribution in [0.5, 0.6) is 0 Å². The van der Waals surface area contributed by atoms with Gasteiger partial charge in [-0.3, -0.25) is 4.79 Å². The summed E-state index contributed by atoms with van der Waals surface area (Å²) < 4.78 is 0. The van der Waals surface area contributed by atoms with E-state index in [9.17, 15) is 9.90 Å². The third-order valence-electron chi connectivity index (χ3n) is 3.90. The zero-order chi connectivity index (χ0) is 11.5. The van der Waals surface area contributed by atoms with Crippen LogP contribution in [0.25, 0.3) is 0 Å². The lowest BCUT2D eigenvalue weighted by Crippen LogP contribution is -2.47. The van der Waals surface area contributed by atoms with Crippen molar-refractivity contribution in [3.63, 3.8) is 0 Å². The van der Waals surface area contributed by atoms with E-state index >= 15 is 0 Å². The molecule has 16 heavy (non-hydrogen) atoms. The molecule has 2 rings (SSSR count). The molecule has 0 saturated heterocycles. The highest BCUT2D eigenvalue weighted by Crippen LogP contribution is 2.25. The van der Waals surface area contributed by atoms with Gasteiger partial charge in [0.1, 0.15) is 0 Å². The van der Waals surface area contributed by atoms with Crippen LogP contribution in [0, 0.1) is 5.92 Å². The number of hydrogen-bond donors (Lipinski definition) is 3. The fourth-order valence-corrected chi connectivity index (χ4v) is 2.83. The average Bonchev–Trinajstić information content (AvgIpc) is 2.68. The maximum atomic E-state index is 11.9. The Bertz CT molecular complexity index is 257. The molecule has 0 radical (unpaired) electrons. The molecule has 4 heteroatoms. The Kier molecular flexibility index (Phi) is 3.82. The summed E-state index contributed by atoms with van der Waals surface area (Å²) >= 11 is 0. The molecule has 2 aliphatic rings. The van der Waals surface area contributed by atoms with Crippen molar-refractivity contribution in [1.29, 1.82) is 0 Å². The number of amides is 1. The molecular weight excluding hydrogens is 204 g/mol. The number of hydrogen-bond acceptors (Lipinski definition) is 3. The monoisotopic (exact) mass is 226 g/mol. The van der Waals surface area contributed by atoms with E-state index < -0.39 is 0 Å². The minimum Gasteiger partial charge on any atom is -0.391 e. The summed E-state index contributed by atoms with van der Waals surface area (Å²) in [5, 5.41) is 12.8. The summed E-state index contributed by atoms with van der Waals surface area (Å²) in [6, 6.07) is 0.158. The van der Waals surface area contributed by atoms with Gasteiger partial charge in [0, 0.05) is 12.0 Å². The van der Waals surface area contributed by atoms with Crippen molar-refractivity contribution in [1.82, 2.24) is 5.32 Å². The second kappa shape index (κ2) is 5.15. The molecule has 0 spiro atoms. The van der Waals surface area contributed by atoms with Gasteiger partial charge in [0.15, 0.2) is 0 Å². The number of aliphatic hydroxyl groups excluding tert-OH is 1. The molecule has 0 aromatic rings. The quantitative estimate of drug-likeness (QED) is 0.643. The van der Waals surface area contributed by atoms with Gasteiger partial charge in [-0.1, -0.05) is 12.8 Å². The van der Waals surface area contributed by atoms with E-state index in [1.807, 2.05) is 0 Å². The predicted octanol–water partition coefficient (Wildman–Crippen LogP) is 0.533. The third-order valence-corrected chi connectivity index (χ3v) is 3.90. The average molecular weight is 226 g/mol. The maximum Gasteiger partial charge on any atom is 0.223 e. The highest BCUT2D eigenvalue weighted by Gasteiger charge is 2.31. The van der Waals surface area contributed by atoms with Gasteiger partial charge in [-0.15, -0.1) is 0 Å². The number of nitrogens with two attached hydrogens (primary N) is 1. The molecule has 0 aliphatic heterocycles. The Morgan fingerprint density at radius 3 is 2.56 bits per heavy atom. The van der Waals surface area contributed by atoms with E-state index in [4.69, 9.17) is 5.73 Å². The zero-order valence-corrected chi connectivity index (χ0v) is 9.69. The van der Waals surface area contributed by atoms with E-state index in [1.165, 1.54) is 0 Å². The van der Waals surface area contributed by atoms with Crippen LogP contribution in [0.15, 0.2) is 0 Å². The van der Waals surface area contributed by atoms with Gasteiger partial charge in [-0.05, 0) is 32.1 Å². The molecule has 92 valence electrons. The van der Waals surface area contributed by atoms with Crippen molar-refractivity contribution in [3.8, 4) is 0 Å². The third kappa shape index (κ3) is 2.74. The maximum absolute atomic E-state index is 11.9. The number of carbonyl (C=O) groups excluding carboxylic acids is 1. The molecule has 0 heterocycles. The van der Waals surface area contributed by atoms with Crippen molar-refractivity contribution in [2.75, 3.05) is 0 Å². The predicted molar refractivity (Wildman–Crippen MR) is 61.7 cm³/mol. The Hall–Kier alpha value is -0.610. The van der Waals surface area contributed by atoms with Crippen LogP contribution in [-0.2, 0) is 4.79 Å². The smallest absolute Gasteiger partial charge is 0.223 e. The van der Waals surface area contributed by atoms with Crippen LogP contribution in [0.1, 0.15) is 44.9 Å². The topological polar surface area (TPSA) is 75.4 Å². The van der Waals surface area contributed by atoms with Gasteiger partial charge < -0.3 is 16.2 Å². The normalized spacial score (nSPS) is 39.6. The highest BCUT2D eigenvalue weighted by atomic mass is 16.3. The number of carbonyl (C=O) groups is 1. The summed E-state index contributed by atoms with van der Waals surface area (Å²) in [6.07, 6.45) is 6.19. The molecule has 0 bridgehead atoms.